The van der Waals surface area contributed by atoms with E-state index in [1.54, 1.807) is 0 Å². The van der Waals surface area contributed by atoms with Crippen LogP contribution in [-0.4, -0.2) is 56.0 Å². The van der Waals surface area contributed by atoms with Gasteiger partial charge >= 0.3 is 0 Å². The Morgan fingerprint density at radius 2 is 1.90 bits per heavy atom. The molecule has 0 aliphatic carbocycles. The average molecular weight is 313 g/mol. The summed E-state index contributed by atoms with van der Waals surface area (Å²) in [5, 5.41) is 14.1. The van der Waals surface area contributed by atoms with Gasteiger partial charge in [0.2, 0.25) is 0 Å². The summed E-state index contributed by atoms with van der Waals surface area (Å²) >= 11 is 0. The van der Waals surface area contributed by atoms with Gasteiger partial charge in [-0.3, -0.25) is 10.1 Å². The third-order valence-electron chi connectivity index (χ3n) is 3.72. The highest BCUT2D eigenvalue weighted by atomic mass is 32.2. The van der Waals surface area contributed by atoms with Gasteiger partial charge < -0.3 is 10.1 Å². The fourth-order valence-electron chi connectivity index (χ4n) is 2.45. The summed E-state index contributed by atoms with van der Waals surface area (Å²) in [5.74, 6) is 0. The molecule has 21 heavy (non-hydrogen) atoms. The van der Waals surface area contributed by atoms with Crippen LogP contribution in [0.4, 0.5) is 5.69 Å². The highest BCUT2D eigenvalue weighted by molar-refractivity contribution is 7.89. The van der Waals surface area contributed by atoms with Crippen molar-refractivity contribution in [3.63, 3.8) is 0 Å². The lowest BCUT2D eigenvalue weighted by Crippen LogP contribution is -2.65. The van der Waals surface area contributed by atoms with E-state index in [4.69, 9.17) is 4.74 Å². The van der Waals surface area contributed by atoms with Crippen molar-refractivity contribution in [2.75, 3.05) is 26.3 Å². The summed E-state index contributed by atoms with van der Waals surface area (Å²) in [6.07, 6.45) is 0. The van der Waals surface area contributed by atoms with E-state index in [0.717, 1.165) is 0 Å². The molecule has 0 radical (unpaired) electrons. The van der Waals surface area contributed by atoms with Gasteiger partial charge in [0, 0.05) is 19.2 Å². The van der Waals surface area contributed by atoms with Crippen molar-refractivity contribution in [3.8, 4) is 0 Å². The number of hydrogen-bond donors (Lipinski definition) is 1. The molecule has 1 aromatic carbocycles. The van der Waals surface area contributed by atoms with Gasteiger partial charge in [0.1, 0.15) is 0 Å². The first kappa shape index (κ1) is 14.4. The normalized spacial score (nSPS) is 20.0. The molecule has 0 unspecified atom stereocenters. The third-order valence-corrected chi connectivity index (χ3v) is 5.77. The van der Waals surface area contributed by atoms with Gasteiger partial charge in [-0.15, -0.1) is 0 Å². The van der Waals surface area contributed by atoms with Crippen molar-refractivity contribution < 1.29 is 18.1 Å². The Labute approximate surface area is 121 Å². The number of hydrogen-bond acceptors (Lipinski definition) is 6. The van der Waals surface area contributed by atoms with Crippen LogP contribution in [0, 0.1) is 10.1 Å². The maximum atomic E-state index is 12.9. The molecule has 8 nitrogen and oxygen atoms in total. The predicted molar refractivity (Wildman–Crippen MR) is 73.4 cm³/mol. The highest BCUT2D eigenvalue weighted by Gasteiger charge is 2.44. The first-order valence-electron chi connectivity index (χ1n) is 6.57. The largest absolute Gasteiger partial charge is 0.378 e. The molecule has 2 fully saturated rings. The van der Waals surface area contributed by atoms with Crippen LogP contribution in [0.3, 0.4) is 0 Å². The molecule has 0 saturated carbocycles. The summed E-state index contributed by atoms with van der Waals surface area (Å²) in [6.45, 7) is 1.76. The smallest absolute Gasteiger partial charge is 0.289 e. The summed E-state index contributed by atoms with van der Waals surface area (Å²) in [7, 11) is -3.93. The zero-order valence-corrected chi connectivity index (χ0v) is 12.0. The Hall–Kier alpha value is -1.55. The van der Waals surface area contributed by atoms with Crippen LogP contribution >= 0.6 is 0 Å². The fraction of sp³-hybridized carbons (Fsp3) is 0.500. The number of nitrogens with one attached hydrogen (secondary N) is 1. The van der Waals surface area contributed by atoms with Crippen LogP contribution in [0.1, 0.15) is 0 Å². The monoisotopic (exact) mass is 313 g/mol. The van der Waals surface area contributed by atoms with Crippen molar-refractivity contribution in [2.24, 2.45) is 0 Å². The number of sulfonamides is 1. The van der Waals surface area contributed by atoms with Crippen LogP contribution in [0.2, 0.25) is 0 Å². The minimum absolute atomic E-state index is 0.177. The molecule has 0 amide bonds. The van der Waals surface area contributed by atoms with Crippen molar-refractivity contribution >= 4 is 15.7 Å². The van der Waals surface area contributed by atoms with E-state index in [0.29, 0.717) is 26.3 Å². The second kappa shape index (κ2) is 5.34. The SMILES string of the molecule is O=[N+]([O-])c1ccccc1S(=O)(=O)N(C1CNC1)C1COC1. The zero-order valence-electron chi connectivity index (χ0n) is 11.1. The Morgan fingerprint density at radius 1 is 1.24 bits per heavy atom. The van der Waals surface area contributed by atoms with E-state index < -0.39 is 20.6 Å². The maximum Gasteiger partial charge on any atom is 0.289 e. The molecule has 0 aromatic heterocycles. The molecule has 1 N–H and O–H groups in total. The second-order valence-electron chi connectivity index (χ2n) is 5.06. The minimum Gasteiger partial charge on any atom is -0.378 e. The quantitative estimate of drug-likeness (QED) is 0.604. The van der Waals surface area contributed by atoms with E-state index in [-0.39, 0.29) is 17.0 Å². The minimum atomic E-state index is -3.93. The van der Waals surface area contributed by atoms with Gasteiger partial charge in [0.05, 0.1) is 30.2 Å². The molecule has 114 valence electrons. The van der Waals surface area contributed by atoms with Crippen LogP contribution in [0.25, 0.3) is 0 Å². The lowest BCUT2D eigenvalue weighted by molar-refractivity contribution is -0.387. The average Bonchev–Trinajstić information content (AvgIpc) is 2.33. The van der Waals surface area contributed by atoms with Crippen molar-refractivity contribution in [1.82, 2.24) is 9.62 Å². The summed E-state index contributed by atoms with van der Waals surface area (Å²) in [5.41, 5.74) is -0.393. The summed E-state index contributed by atoms with van der Waals surface area (Å²) in [6, 6.07) is 5.02. The molecule has 2 saturated heterocycles. The number of nitro benzene ring substituents is 1. The van der Waals surface area contributed by atoms with E-state index in [2.05, 4.69) is 5.32 Å². The van der Waals surface area contributed by atoms with Gasteiger partial charge in [-0.05, 0) is 6.07 Å². The number of nitro groups is 1. The Kier molecular flexibility index (Phi) is 3.66. The van der Waals surface area contributed by atoms with Crippen molar-refractivity contribution in [2.45, 2.75) is 17.0 Å². The number of nitrogens with zero attached hydrogens (tertiary/aromatic N) is 2. The number of benzene rings is 1. The maximum absolute atomic E-state index is 12.9. The number of rotatable bonds is 5. The number of para-hydroxylation sites is 1. The Balaban J connectivity index is 2.03. The van der Waals surface area contributed by atoms with Gasteiger partial charge in [-0.2, -0.15) is 4.31 Å². The standard InChI is InChI=1S/C12H15N3O5S/c16-15(17)11-3-1-2-4-12(11)21(18,19)14(9-5-13-6-9)10-7-20-8-10/h1-4,9-10,13H,5-8H2. The predicted octanol–water partition coefficient (Wildman–Crippen LogP) is -0.0439. The first-order chi connectivity index (χ1) is 10.0. The topological polar surface area (TPSA) is 102 Å². The Bertz CT molecular complexity index is 641. The third kappa shape index (κ3) is 2.42. The number of ether oxygens (including phenoxy) is 1. The van der Waals surface area contributed by atoms with Gasteiger partial charge in [0.25, 0.3) is 15.7 Å². The fourth-order valence-corrected chi connectivity index (χ4v) is 4.39. The van der Waals surface area contributed by atoms with Gasteiger partial charge in [-0.1, -0.05) is 12.1 Å². The van der Waals surface area contributed by atoms with Crippen LogP contribution in [0.15, 0.2) is 29.2 Å². The van der Waals surface area contributed by atoms with E-state index in [1.165, 1.54) is 28.6 Å². The van der Waals surface area contributed by atoms with Crippen LogP contribution < -0.4 is 5.32 Å². The molecule has 0 bridgehead atoms. The molecule has 2 aliphatic heterocycles. The summed E-state index contributed by atoms with van der Waals surface area (Å²) in [4.78, 5) is 10.2. The van der Waals surface area contributed by atoms with E-state index in [9.17, 15) is 18.5 Å². The second-order valence-corrected chi connectivity index (χ2v) is 6.87. The van der Waals surface area contributed by atoms with E-state index >= 15 is 0 Å². The molecular weight excluding hydrogens is 298 g/mol. The zero-order chi connectivity index (χ0) is 15.0. The van der Waals surface area contributed by atoms with Crippen LogP contribution in [0.5, 0.6) is 0 Å². The molecule has 0 spiro atoms. The lowest BCUT2D eigenvalue weighted by Gasteiger charge is -2.44. The van der Waals surface area contributed by atoms with E-state index in [1.807, 2.05) is 0 Å². The van der Waals surface area contributed by atoms with Crippen molar-refractivity contribution in [3.05, 3.63) is 34.4 Å². The van der Waals surface area contributed by atoms with Crippen LogP contribution in [-0.2, 0) is 14.8 Å². The summed E-state index contributed by atoms with van der Waals surface area (Å²) < 4.78 is 32.2. The van der Waals surface area contributed by atoms with Gasteiger partial charge in [-0.25, -0.2) is 8.42 Å². The highest BCUT2D eigenvalue weighted by Crippen LogP contribution is 2.31. The molecule has 3 rings (SSSR count). The van der Waals surface area contributed by atoms with Gasteiger partial charge in [0.15, 0.2) is 4.90 Å². The molecule has 0 atom stereocenters. The lowest BCUT2D eigenvalue weighted by atomic mass is 10.1. The molecule has 2 heterocycles. The van der Waals surface area contributed by atoms with Crippen molar-refractivity contribution in [1.29, 1.82) is 0 Å². The molecule has 2 aliphatic rings. The first-order valence-corrected chi connectivity index (χ1v) is 8.01. The Morgan fingerprint density at radius 3 is 2.38 bits per heavy atom. The molecule has 9 heteroatoms. The molecular formula is C12H15N3O5S. The molecule has 1 aromatic rings.